The molecule has 3 heteroatoms. The highest BCUT2D eigenvalue weighted by Crippen LogP contribution is 2.14. The maximum Gasteiger partial charge on any atom is 0.0679 e. The molecular formula is C14H22N2O. The molecule has 0 spiro atoms. The third-order valence-corrected chi connectivity index (χ3v) is 3.42. The van der Waals surface area contributed by atoms with Crippen LogP contribution in [0.1, 0.15) is 12.0 Å². The normalized spacial score (nSPS) is 20.8. The van der Waals surface area contributed by atoms with Gasteiger partial charge in [-0.25, -0.2) is 0 Å². The Morgan fingerprint density at radius 2 is 2.00 bits per heavy atom. The van der Waals surface area contributed by atoms with Crippen molar-refractivity contribution < 1.29 is 5.11 Å². The van der Waals surface area contributed by atoms with Crippen molar-refractivity contribution in [2.24, 2.45) is 0 Å². The second-order valence-electron chi connectivity index (χ2n) is 5.05. The quantitative estimate of drug-likeness (QED) is 0.852. The summed E-state index contributed by atoms with van der Waals surface area (Å²) in [5.74, 6) is 0. The summed E-state index contributed by atoms with van der Waals surface area (Å²) in [6, 6.07) is 8.71. The fourth-order valence-corrected chi connectivity index (χ4v) is 2.26. The Balaban J connectivity index is 1.83. The van der Waals surface area contributed by atoms with Crippen molar-refractivity contribution in [3.8, 4) is 0 Å². The average molecular weight is 234 g/mol. The van der Waals surface area contributed by atoms with E-state index in [-0.39, 0.29) is 6.10 Å². The Hall–Kier alpha value is -1.06. The second kappa shape index (κ2) is 5.52. The van der Waals surface area contributed by atoms with E-state index in [2.05, 4.69) is 48.2 Å². The first-order valence-electron chi connectivity index (χ1n) is 6.32. The second-order valence-corrected chi connectivity index (χ2v) is 5.05. The largest absolute Gasteiger partial charge is 0.392 e. The molecule has 3 nitrogen and oxygen atoms in total. The van der Waals surface area contributed by atoms with E-state index in [0.29, 0.717) is 0 Å². The minimum Gasteiger partial charge on any atom is -0.392 e. The van der Waals surface area contributed by atoms with Gasteiger partial charge < -0.3 is 14.9 Å². The molecule has 1 aliphatic rings. The smallest absolute Gasteiger partial charge is 0.0679 e. The molecule has 0 saturated carbocycles. The highest BCUT2D eigenvalue weighted by Gasteiger charge is 2.19. The van der Waals surface area contributed by atoms with Gasteiger partial charge in [-0.3, -0.25) is 0 Å². The Kier molecular flexibility index (Phi) is 4.02. The van der Waals surface area contributed by atoms with Crippen LogP contribution in [0.15, 0.2) is 24.3 Å². The van der Waals surface area contributed by atoms with Gasteiger partial charge in [-0.15, -0.1) is 0 Å². The summed E-state index contributed by atoms with van der Waals surface area (Å²) in [7, 11) is 4.11. The van der Waals surface area contributed by atoms with Gasteiger partial charge in [-0.2, -0.15) is 0 Å². The fraction of sp³-hybridized carbons (Fsp3) is 0.571. The predicted octanol–water partition coefficient (Wildman–Crippen LogP) is 1.36. The van der Waals surface area contributed by atoms with Crippen molar-refractivity contribution in [1.82, 2.24) is 4.90 Å². The number of benzene rings is 1. The van der Waals surface area contributed by atoms with Gasteiger partial charge in [0.15, 0.2) is 0 Å². The Bertz CT molecular complexity index is 348. The minimum absolute atomic E-state index is 0.105. The molecule has 0 aliphatic carbocycles. The van der Waals surface area contributed by atoms with Gasteiger partial charge in [0.1, 0.15) is 0 Å². The van der Waals surface area contributed by atoms with Crippen LogP contribution in [-0.2, 0) is 6.42 Å². The first-order valence-corrected chi connectivity index (χ1v) is 6.32. The van der Waals surface area contributed by atoms with Crippen LogP contribution in [0.25, 0.3) is 0 Å². The highest BCUT2D eigenvalue weighted by atomic mass is 16.3. The van der Waals surface area contributed by atoms with E-state index in [0.717, 1.165) is 32.5 Å². The lowest BCUT2D eigenvalue weighted by molar-refractivity contribution is 0.177. The van der Waals surface area contributed by atoms with Crippen molar-refractivity contribution in [3.05, 3.63) is 29.8 Å². The number of hydrogen-bond acceptors (Lipinski definition) is 3. The summed E-state index contributed by atoms with van der Waals surface area (Å²) in [5, 5.41) is 9.45. The summed E-state index contributed by atoms with van der Waals surface area (Å²) in [6.07, 6.45) is 1.89. The molecule has 0 radical (unpaired) electrons. The maximum absolute atomic E-state index is 9.45. The first kappa shape index (κ1) is 12.4. The van der Waals surface area contributed by atoms with E-state index in [1.807, 2.05) is 0 Å². The zero-order valence-corrected chi connectivity index (χ0v) is 10.8. The first-order chi connectivity index (χ1) is 8.15. The monoisotopic (exact) mass is 234 g/mol. The zero-order valence-electron chi connectivity index (χ0n) is 10.8. The third-order valence-electron chi connectivity index (χ3n) is 3.42. The van der Waals surface area contributed by atoms with Crippen molar-refractivity contribution >= 4 is 5.69 Å². The predicted molar refractivity (Wildman–Crippen MR) is 71.5 cm³/mol. The van der Waals surface area contributed by atoms with Crippen LogP contribution < -0.4 is 4.90 Å². The molecule has 0 aromatic heterocycles. The number of rotatable bonds is 4. The molecule has 1 aromatic rings. The fourth-order valence-electron chi connectivity index (χ4n) is 2.26. The molecule has 0 bridgehead atoms. The number of likely N-dealkylation sites (tertiary alicyclic amines) is 1. The molecule has 94 valence electrons. The highest BCUT2D eigenvalue weighted by molar-refractivity contribution is 5.46. The van der Waals surface area contributed by atoms with Gasteiger partial charge >= 0.3 is 0 Å². The molecule has 1 aromatic carbocycles. The van der Waals surface area contributed by atoms with Gasteiger partial charge in [0.2, 0.25) is 0 Å². The summed E-state index contributed by atoms with van der Waals surface area (Å²) >= 11 is 0. The van der Waals surface area contributed by atoms with Crippen LogP contribution in [0.5, 0.6) is 0 Å². The Morgan fingerprint density at radius 1 is 1.29 bits per heavy atom. The van der Waals surface area contributed by atoms with Gasteiger partial charge in [0.25, 0.3) is 0 Å². The molecule has 0 amide bonds. The SMILES string of the molecule is CN(C)c1ccc(CCN2CC[C@H](O)C2)cc1. The Morgan fingerprint density at radius 3 is 2.53 bits per heavy atom. The number of nitrogens with zero attached hydrogens (tertiary/aromatic N) is 2. The average Bonchev–Trinajstić information content (AvgIpc) is 2.73. The summed E-state index contributed by atoms with van der Waals surface area (Å²) in [6.45, 7) is 2.94. The van der Waals surface area contributed by atoms with Crippen LogP contribution in [-0.4, -0.2) is 49.8 Å². The molecule has 17 heavy (non-hydrogen) atoms. The number of aliphatic hydroxyl groups excluding tert-OH is 1. The minimum atomic E-state index is -0.105. The standard InChI is InChI=1S/C14H22N2O/c1-15(2)13-5-3-12(4-6-13)7-9-16-10-8-14(17)11-16/h3-6,14,17H,7-11H2,1-2H3/t14-/m0/s1. The van der Waals surface area contributed by atoms with Crippen molar-refractivity contribution in [2.75, 3.05) is 38.6 Å². The molecule has 1 aliphatic heterocycles. The number of anilines is 1. The van der Waals surface area contributed by atoms with E-state index in [4.69, 9.17) is 0 Å². The lowest BCUT2D eigenvalue weighted by Crippen LogP contribution is -2.24. The molecule has 1 saturated heterocycles. The van der Waals surface area contributed by atoms with Crippen LogP contribution >= 0.6 is 0 Å². The lowest BCUT2D eigenvalue weighted by atomic mass is 10.1. The van der Waals surface area contributed by atoms with Crippen LogP contribution in [0.3, 0.4) is 0 Å². The number of aliphatic hydroxyl groups is 1. The van der Waals surface area contributed by atoms with Gasteiger partial charge in [-0.1, -0.05) is 12.1 Å². The van der Waals surface area contributed by atoms with Crippen LogP contribution in [0.2, 0.25) is 0 Å². The van der Waals surface area contributed by atoms with E-state index in [1.54, 1.807) is 0 Å². The molecular weight excluding hydrogens is 212 g/mol. The van der Waals surface area contributed by atoms with E-state index < -0.39 is 0 Å². The topological polar surface area (TPSA) is 26.7 Å². The lowest BCUT2D eigenvalue weighted by Gasteiger charge is -2.16. The van der Waals surface area contributed by atoms with Crippen molar-refractivity contribution in [2.45, 2.75) is 18.9 Å². The summed E-state index contributed by atoms with van der Waals surface area (Å²) in [4.78, 5) is 4.45. The van der Waals surface area contributed by atoms with E-state index in [9.17, 15) is 5.11 Å². The summed E-state index contributed by atoms with van der Waals surface area (Å²) in [5.41, 5.74) is 2.61. The molecule has 1 atom stereocenters. The van der Waals surface area contributed by atoms with E-state index >= 15 is 0 Å². The molecule has 1 N–H and O–H groups in total. The maximum atomic E-state index is 9.45. The van der Waals surface area contributed by atoms with Crippen LogP contribution in [0.4, 0.5) is 5.69 Å². The van der Waals surface area contributed by atoms with Gasteiger partial charge in [0.05, 0.1) is 6.10 Å². The summed E-state index contributed by atoms with van der Waals surface area (Å²) < 4.78 is 0. The van der Waals surface area contributed by atoms with E-state index in [1.165, 1.54) is 11.3 Å². The molecule has 2 rings (SSSR count). The molecule has 0 unspecified atom stereocenters. The third kappa shape index (κ3) is 3.45. The number of hydrogen-bond donors (Lipinski definition) is 1. The van der Waals surface area contributed by atoms with Gasteiger partial charge in [0, 0.05) is 39.4 Å². The molecule has 1 heterocycles. The van der Waals surface area contributed by atoms with Crippen molar-refractivity contribution in [1.29, 1.82) is 0 Å². The number of β-amino-alcohol motifs (C(OH)–C–C–N with tert-alkyl or cyclic N) is 1. The zero-order chi connectivity index (χ0) is 12.3. The Labute approximate surface area is 104 Å². The van der Waals surface area contributed by atoms with Crippen molar-refractivity contribution in [3.63, 3.8) is 0 Å². The van der Waals surface area contributed by atoms with Crippen LogP contribution in [0, 0.1) is 0 Å². The molecule has 1 fully saturated rings. The van der Waals surface area contributed by atoms with Gasteiger partial charge in [-0.05, 0) is 30.5 Å².